The molecule has 1 rings (SSSR count). The third kappa shape index (κ3) is 2.44. The lowest BCUT2D eigenvalue weighted by molar-refractivity contribution is 0.538. The van der Waals surface area contributed by atoms with E-state index in [4.69, 9.17) is 0 Å². The van der Waals surface area contributed by atoms with E-state index in [2.05, 4.69) is 15.9 Å². The van der Waals surface area contributed by atoms with Crippen molar-refractivity contribution in [3.63, 3.8) is 0 Å². The number of hydrogen-bond donors (Lipinski definition) is 0. The highest BCUT2D eigenvalue weighted by Crippen LogP contribution is 2.48. The summed E-state index contributed by atoms with van der Waals surface area (Å²) in [5.41, 5.74) is 0. The van der Waals surface area contributed by atoms with Crippen LogP contribution in [-0.4, -0.2) is 18.8 Å². The van der Waals surface area contributed by atoms with Crippen molar-refractivity contribution in [3.8, 4) is 0 Å². The largest absolute Gasteiger partial charge is 0.218 e. The summed E-state index contributed by atoms with van der Waals surface area (Å²) in [7, 11) is -1.35. The van der Waals surface area contributed by atoms with Gasteiger partial charge in [0.05, 0.1) is 4.90 Å². The van der Waals surface area contributed by atoms with Gasteiger partial charge in [-0.1, -0.05) is 15.9 Å². The van der Waals surface area contributed by atoms with Crippen LogP contribution in [0.5, 0.6) is 0 Å². The molecule has 0 aliphatic heterocycles. The Labute approximate surface area is 86.8 Å². The lowest BCUT2D eigenvalue weighted by Gasteiger charge is -2.26. The molecule has 0 aliphatic rings. The second-order valence-corrected chi connectivity index (χ2v) is 8.53. The normalized spacial score (nSPS) is 13.1. The van der Waals surface area contributed by atoms with E-state index in [1.807, 2.05) is 18.8 Å². The van der Waals surface area contributed by atoms with Crippen LogP contribution in [0.1, 0.15) is 0 Å². The summed E-state index contributed by atoms with van der Waals surface area (Å²) in [6.45, 7) is 0. The molecule has 0 fully saturated rings. The van der Waals surface area contributed by atoms with Gasteiger partial charge in [-0.2, -0.15) is 0 Å². The molecule has 0 spiro atoms. The summed E-state index contributed by atoms with van der Waals surface area (Å²) in [5, 5.41) is 0. The Morgan fingerprint density at radius 3 is 1.77 bits per heavy atom. The van der Waals surface area contributed by atoms with Gasteiger partial charge >= 0.3 is 0 Å². The molecule has 0 aromatic heterocycles. The van der Waals surface area contributed by atoms with Crippen LogP contribution in [0.3, 0.4) is 0 Å². The zero-order valence-electron chi connectivity index (χ0n) is 7.70. The fourth-order valence-electron chi connectivity index (χ4n) is 1.11. The van der Waals surface area contributed by atoms with Crippen molar-refractivity contribution in [2.75, 3.05) is 18.8 Å². The molecular weight excluding hydrogens is 258 g/mol. The van der Waals surface area contributed by atoms with Gasteiger partial charge in [0.15, 0.2) is 0 Å². The molecule has 1 aromatic carbocycles. The molecule has 0 nitrogen and oxygen atoms in total. The first-order chi connectivity index (χ1) is 5.82. The van der Waals surface area contributed by atoms with Gasteiger partial charge < -0.3 is 0 Å². The highest BCUT2D eigenvalue weighted by atomic mass is 79.9. The van der Waals surface area contributed by atoms with Crippen LogP contribution in [-0.2, 0) is 0 Å². The van der Waals surface area contributed by atoms with Crippen molar-refractivity contribution >= 4 is 26.0 Å². The first-order valence-corrected chi connectivity index (χ1v) is 7.30. The summed E-state index contributed by atoms with van der Waals surface area (Å²) in [4.78, 5) is 0.218. The van der Waals surface area contributed by atoms with Crippen LogP contribution >= 0.6 is 26.0 Å². The molecule has 0 amide bonds. The topological polar surface area (TPSA) is 0 Å². The van der Waals surface area contributed by atoms with Crippen molar-refractivity contribution < 1.29 is 8.78 Å². The van der Waals surface area contributed by atoms with Gasteiger partial charge in [-0.3, -0.25) is 0 Å². The molecule has 0 unspecified atom stereocenters. The van der Waals surface area contributed by atoms with Crippen molar-refractivity contribution in [3.05, 3.63) is 28.2 Å². The minimum absolute atomic E-state index is 0.218. The fraction of sp³-hybridized carbons (Fsp3) is 0.333. The molecule has 4 heteroatoms. The van der Waals surface area contributed by atoms with Crippen molar-refractivity contribution in [1.82, 2.24) is 0 Å². The van der Waals surface area contributed by atoms with Crippen LogP contribution in [0, 0.1) is 11.6 Å². The third-order valence-electron chi connectivity index (χ3n) is 1.58. The number of rotatable bonds is 1. The zero-order chi connectivity index (χ0) is 10.2. The minimum Gasteiger partial charge on any atom is -0.218 e. The monoisotopic (exact) mass is 268 g/mol. The molecule has 0 bridgehead atoms. The van der Waals surface area contributed by atoms with Gasteiger partial charge in [0.1, 0.15) is 11.6 Å². The smallest absolute Gasteiger partial charge is 0.139 e. The van der Waals surface area contributed by atoms with Crippen LogP contribution in [0.4, 0.5) is 8.78 Å². The average Bonchev–Trinajstić information content (AvgIpc) is 1.78. The fourth-order valence-corrected chi connectivity index (χ4v) is 2.80. The summed E-state index contributed by atoms with van der Waals surface area (Å²) < 4.78 is 27.2. The van der Waals surface area contributed by atoms with Gasteiger partial charge in [0.25, 0.3) is 0 Å². The standard InChI is InChI=1S/C9H11BrF2S/c1-13(2,3)9-7(11)4-6(10)5-8(9)12/h4-5H,1-3H3. The van der Waals surface area contributed by atoms with E-state index in [9.17, 15) is 8.78 Å². The van der Waals surface area contributed by atoms with E-state index in [0.717, 1.165) is 0 Å². The first-order valence-electron chi connectivity index (χ1n) is 3.65. The number of benzene rings is 1. The van der Waals surface area contributed by atoms with E-state index in [0.29, 0.717) is 4.47 Å². The second-order valence-electron chi connectivity index (χ2n) is 3.54. The highest BCUT2D eigenvalue weighted by molar-refractivity contribution is 9.10. The van der Waals surface area contributed by atoms with Gasteiger partial charge in [-0.25, -0.2) is 18.8 Å². The molecule has 0 N–H and O–H groups in total. The van der Waals surface area contributed by atoms with Gasteiger partial charge in [0, 0.05) is 4.47 Å². The number of halogens is 3. The Kier molecular flexibility index (Phi) is 3.02. The highest BCUT2D eigenvalue weighted by Gasteiger charge is 2.19. The summed E-state index contributed by atoms with van der Waals surface area (Å²) in [6.07, 6.45) is 5.59. The molecule has 74 valence electrons. The molecule has 0 radical (unpaired) electrons. The lowest BCUT2D eigenvalue weighted by atomic mass is 10.3. The minimum atomic E-state index is -1.35. The predicted molar refractivity (Wildman–Crippen MR) is 57.7 cm³/mol. The van der Waals surface area contributed by atoms with Crippen molar-refractivity contribution in [2.24, 2.45) is 0 Å². The Bertz CT molecular complexity index is 308. The summed E-state index contributed by atoms with van der Waals surface area (Å²) in [6, 6.07) is 2.60. The molecule has 0 saturated carbocycles. The Balaban J connectivity index is 3.38. The van der Waals surface area contributed by atoms with E-state index >= 15 is 0 Å². The Morgan fingerprint density at radius 2 is 1.46 bits per heavy atom. The van der Waals surface area contributed by atoms with Crippen molar-refractivity contribution in [2.45, 2.75) is 4.90 Å². The van der Waals surface area contributed by atoms with Crippen LogP contribution in [0.2, 0.25) is 0 Å². The van der Waals surface area contributed by atoms with E-state index < -0.39 is 21.7 Å². The van der Waals surface area contributed by atoms with E-state index in [1.54, 1.807) is 0 Å². The van der Waals surface area contributed by atoms with E-state index in [-0.39, 0.29) is 4.90 Å². The Morgan fingerprint density at radius 1 is 1.08 bits per heavy atom. The maximum absolute atomic E-state index is 13.4. The van der Waals surface area contributed by atoms with Crippen molar-refractivity contribution in [1.29, 1.82) is 0 Å². The van der Waals surface area contributed by atoms with Gasteiger partial charge in [-0.05, 0) is 30.9 Å². The molecule has 0 atom stereocenters. The van der Waals surface area contributed by atoms with Gasteiger partial charge in [0.2, 0.25) is 0 Å². The number of hydrogen-bond acceptors (Lipinski definition) is 0. The van der Waals surface area contributed by atoms with Crippen LogP contribution < -0.4 is 0 Å². The molecule has 0 saturated heterocycles. The van der Waals surface area contributed by atoms with Crippen LogP contribution in [0.25, 0.3) is 0 Å². The SMILES string of the molecule is CS(C)(C)c1c(F)cc(Br)cc1F. The summed E-state index contributed by atoms with van der Waals surface area (Å²) >= 11 is 3.04. The van der Waals surface area contributed by atoms with Crippen LogP contribution in [0.15, 0.2) is 21.5 Å². The first kappa shape index (κ1) is 11.0. The Hall–Kier alpha value is -0.0900. The molecule has 13 heavy (non-hydrogen) atoms. The van der Waals surface area contributed by atoms with Gasteiger partial charge in [-0.15, -0.1) is 0 Å². The molecular formula is C9H11BrF2S. The lowest BCUT2D eigenvalue weighted by Crippen LogP contribution is -2.00. The molecule has 0 aliphatic carbocycles. The molecule has 0 heterocycles. The quantitative estimate of drug-likeness (QED) is 0.727. The molecule has 1 aromatic rings. The van der Waals surface area contributed by atoms with E-state index in [1.165, 1.54) is 12.1 Å². The second kappa shape index (κ2) is 3.58. The maximum atomic E-state index is 13.4. The average molecular weight is 269 g/mol. The maximum Gasteiger partial charge on any atom is 0.139 e. The third-order valence-corrected chi connectivity index (χ3v) is 3.65. The predicted octanol–water partition coefficient (Wildman–Crippen LogP) is 3.78. The zero-order valence-corrected chi connectivity index (χ0v) is 10.1. The summed E-state index contributed by atoms with van der Waals surface area (Å²) in [5.74, 6) is -0.927.